The van der Waals surface area contributed by atoms with Crippen LogP contribution in [0.5, 0.6) is 0 Å². The Kier molecular flexibility index (Phi) is 1.83. The van der Waals surface area contributed by atoms with Crippen LogP contribution in [0.1, 0.15) is 26.2 Å². The number of hydrogen-bond donors (Lipinski definition) is 0. The van der Waals surface area contributed by atoms with E-state index in [1.54, 1.807) is 19.2 Å². The molecule has 2 heteroatoms. The van der Waals surface area contributed by atoms with Crippen LogP contribution >= 0.6 is 12.0 Å². The molecule has 1 nitrogen and oxygen atoms in total. The normalized spacial score (nSPS) is 23.2. The van der Waals surface area contributed by atoms with E-state index in [4.69, 9.17) is 4.18 Å². The van der Waals surface area contributed by atoms with E-state index in [1.165, 1.54) is 19.3 Å². The molecule has 0 aromatic carbocycles. The van der Waals surface area contributed by atoms with E-state index in [0.29, 0.717) is 4.75 Å². The molecule has 0 heterocycles. The average Bonchev–Trinajstić information content (AvgIpc) is 2.50. The SMILES string of the molecule is CCC1(SOC)CC1. The van der Waals surface area contributed by atoms with E-state index in [0.717, 1.165) is 0 Å². The summed E-state index contributed by atoms with van der Waals surface area (Å²) in [6, 6.07) is 0. The summed E-state index contributed by atoms with van der Waals surface area (Å²) in [5.74, 6) is 0. The Morgan fingerprint density at radius 2 is 2.25 bits per heavy atom. The van der Waals surface area contributed by atoms with Crippen LogP contribution in [0.15, 0.2) is 0 Å². The van der Waals surface area contributed by atoms with E-state index >= 15 is 0 Å². The first-order valence-corrected chi connectivity index (χ1v) is 3.79. The molecule has 1 saturated carbocycles. The summed E-state index contributed by atoms with van der Waals surface area (Å²) in [6.45, 7) is 2.22. The quantitative estimate of drug-likeness (QED) is 0.544. The molecule has 1 rings (SSSR count). The minimum absolute atomic E-state index is 0.536. The van der Waals surface area contributed by atoms with Crippen LogP contribution in [-0.4, -0.2) is 11.9 Å². The second kappa shape index (κ2) is 2.28. The molecular formula is C6H12OS. The molecule has 0 saturated heterocycles. The highest BCUT2D eigenvalue weighted by Gasteiger charge is 2.42. The van der Waals surface area contributed by atoms with Crippen LogP contribution in [0, 0.1) is 0 Å². The van der Waals surface area contributed by atoms with Crippen LogP contribution in [0.3, 0.4) is 0 Å². The summed E-state index contributed by atoms with van der Waals surface area (Å²) in [6.07, 6.45) is 3.95. The molecule has 1 aliphatic carbocycles. The van der Waals surface area contributed by atoms with Gasteiger partial charge in [0.05, 0.1) is 7.11 Å². The molecule has 0 unspecified atom stereocenters. The third-order valence-electron chi connectivity index (χ3n) is 1.71. The molecule has 0 aromatic rings. The summed E-state index contributed by atoms with van der Waals surface area (Å²) in [7, 11) is 1.75. The lowest BCUT2D eigenvalue weighted by Crippen LogP contribution is -1.98. The molecule has 0 aromatic heterocycles. The fourth-order valence-corrected chi connectivity index (χ4v) is 1.55. The Balaban J connectivity index is 2.20. The van der Waals surface area contributed by atoms with Crippen molar-refractivity contribution in [2.45, 2.75) is 30.9 Å². The van der Waals surface area contributed by atoms with Gasteiger partial charge in [-0.1, -0.05) is 6.92 Å². The van der Waals surface area contributed by atoms with Gasteiger partial charge in [-0.25, -0.2) is 0 Å². The van der Waals surface area contributed by atoms with Gasteiger partial charge in [-0.2, -0.15) is 0 Å². The van der Waals surface area contributed by atoms with Gasteiger partial charge in [0.15, 0.2) is 0 Å². The van der Waals surface area contributed by atoms with Crippen molar-refractivity contribution in [2.24, 2.45) is 0 Å². The molecule has 0 N–H and O–H groups in total. The predicted octanol–water partition coefficient (Wildman–Crippen LogP) is 2.22. The molecule has 0 bridgehead atoms. The first-order valence-electron chi connectivity index (χ1n) is 3.05. The Hall–Kier alpha value is 0.310. The van der Waals surface area contributed by atoms with E-state index in [2.05, 4.69) is 6.92 Å². The molecule has 48 valence electrons. The monoisotopic (exact) mass is 132 g/mol. The largest absolute Gasteiger partial charge is 0.318 e. The molecule has 0 spiro atoms. The van der Waals surface area contributed by atoms with Crippen molar-refractivity contribution in [3.63, 3.8) is 0 Å². The highest BCUT2D eigenvalue weighted by molar-refractivity contribution is 7.96. The van der Waals surface area contributed by atoms with Crippen molar-refractivity contribution in [2.75, 3.05) is 7.11 Å². The van der Waals surface area contributed by atoms with Crippen LogP contribution < -0.4 is 0 Å². The number of rotatable bonds is 3. The van der Waals surface area contributed by atoms with Gasteiger partial charge in [0.25, 0.3) is 0 Å². The Morgan fingerprint density at radius 3 is 2.38 bits per heavy atom. The number of hydrogen-bond acceptors (Lipinski definition) is 2. The average molecular weight is 132 g/mol. The van der Waals surface area contributed by atoms with Gasteiger partial charge in [0.1, 0.15) is 0 Å². The predicted molar refractivity (Wildman–Crippen MR) is 36.9 cm³/mol. The zero-order valence-corrected chi connectivity index (χ0v) is 6.25. The summed E-state index contributed by atoms with van der Waals surface area (Å²) in [5.41, 5.74) is 0. The van der Waals surface area contributed by atoms with Gasteiger partial charge in [-0.3, -0.25) is 0 Å². The Morgan fingerprint density at radius 1 is 1.62 bits per heavy atom. The van der Waals surface area contributed by atoms with Crippen LogP contribution in [0.25, 0.3) is 0 Å². The summed E-state index contributed by atoms with van der Waals surface area (Å²) < 4.78 is 5.51. The first-order chi connectivity index (χ1) is 3.83. The fourth-order valence-electron chi connectivity index (χ4n) is 0.812. The van der Waals surface area contributed by atoms with Gasteiger partial charge in [-0.05, 0) is 31.3 Å². The summed E-state index contributed by atoms with van der Waals surface area (Å²) in [5, 5.41) is 0. The van der Waals surface area contributed by atoms with Gasteiger partial charge >= 0.3 is 0 Å². The van der Waals surface area contributed by atoms with Gasteiger partial charge < -0.3 is 4.18 Å². The van der Waals surface area contributed by atoms with E-state index < -0.39 is 0 Å². The topological polar surface area (TPSA) is 9.23 Å². The molecular weight excluding hydrogens is 120 g/mol. The van der Waals surface area contributed by atoms with Crippen molar-refractivity contribution in [1.82, 2.24) is 0 Å². The molecule has 0 atom stereocenters. The Bertz CT molecular complexity index is 78.6. The van der Waals surface area contributed by atoms with Crippen molar-refractivity contribution < 1.29 is 4.18 Å². The maximum Gasteiger partial charge on any atom is 0.0503 e. The van der Waals surface area contributed by atoms with Gasteiger partial charge in [-0.15, -0.1) is 0 Å². The third-order valence-corrected chi connectivity index (χ3v) is 2.93. The molecule has 0 amide bonds. The first kappa shape index (κ1) is 6.43. The van der Waals surface area contributed by atoms with Crippen molar-refractivity contribution in [3.05, 3.63) is 0 Å². The summed E-state index contributed by atoms with van der Waals surface area (Å²) in [4.78, 5) is 0. The minimum atomic E-state index is 0.536. The van der Waals surface area contributed by atoms with Crippen molar-refractivity contribution in [1.29, 1.82) is 0 Å². The van der Waals surface area contributed by atoms with E-state index in [9.17, 15) is 0 Å². The highest BCUT2D eigenvalue weighted by atomic mass is 32.2. The molecule has 1 aliphatic rings. The van der Waals surface area contributed by atoms with Gasteiger partial charge in [0, 0.05) is 4.75 Å². The third kappa shape index (κ3) is 1.17. The standard InChI is InChI=1S/C6H12OS/c1-3-6(4-5-6)8-7-2/h3-5H2,1-2H3. The zero-order valence-electron chi connectivity index (χ0n) is 5.44. The van der Waals surface area contributed by atoms with Crippen LogP contribution in [0.2, 0.25) is 0 Å². The van der Waals surface area contributed by atoms with Crippen molar-refractivity contribution in [3.8, 4) is 0 Å². The van der Waals surface area contributed by atoms with Gasteiger partial charge in [0.2, 0.25) is 0 Å². The Labute approximate surface area is 55.0 Å². The van der Waals surface area contributed by atoms with Crippen LogP contribution in [-0.2, 0) is 4.18 Å². The highest BCUT2D eigenvalue weighted by Crippen LogP contribution is 2.50. The minimum Gasteiger partial charge on any atom is -0.318 e. The molecule has 0 aliphatic heterocycles. The summed E-state index contributed by atoms with van der Waals surface area (Å²) >= 11 is 1.64. The second-order valence-electron chi connectivity index (χ2n) is 2.29. The molecule has 0 radical (unpaired) electrons. The van der Waals surface area contributed by atoms with E-state index in [1.807, 2.05) is 0 Å². The molecule has 1 fully saturated rings. The van der Waals surface area contributed by atoms with Crippen molar-refractivity contribution >= 4 is 12.0 Å². The second-order valence-corrected chi connectivity index (χ2v) is 3.65. The fraction of sp³-hybridized carbons (Fsp3) is 1.00. The lowest BCUT2D eigenvalue weighted by Gasteiger charge is -2.06. The van der Waals surface area contributed by atoms with E-state index in [-0.39, 0.29) is 0 Å². The lowest BCUT2D eigenvalue weighted by molar-refractivity contribution is 0.480. The van der Waals surface area contributed by atoms with Crippen LogP contribution in [0.4, 0.5) is 0 Å². The maximum atomic E-state index is 4.98. The lowest BCUT2D eigenvalue weighted by atomic mass is 10.3. The smallest absolute Gasteiger partial charge is 0.0503 e. The maximum absolute atomic E-state index is 4.98. The molecule has 8 heavy (non-hydrogen) atoms. The zero-order chi connectivity index (χ0) is 6.04.